The summed E-state index contributed by atoms with van der Waals surface area (Å²) in [4.78, 5) is 8.70. The molecule has 2 aromatic rings. The van der Waals surface area contributed by atoms with Gasteiger partial charge in [0, 0.05) is 34.4 Å². The van der Waals surface area contributed by atoms with Gasteiger partial charge in [-0.05, 0) is 12.1 Å². The predicted molar refractivity (Wildman–Crippen MR) is 83.2 cm³/mol. The van der Waals surface area contributed by atoms with E-state index in [-0.39, 0.29) is 5.41 Å². The van der Waals surface area contributed by atoms with Crippen LogP contribution in [0, 0.1) is 0 Å². The Kier molecular flexibility index (Phi) is 5.89. The number of nitrogens with zero attached hydrogens (tertiary/aromatic N) is 2. The predicted octanol–water partition coefficient (Wildman–Crippen LogP) is 3.30. The molecule has 2 N–H and O–H groups in total. The number of hydrogen-bond donors (Lipinski definition) is 1. The average molecular weight is 367 g/mol. The van der Waals surface area contributed by atoms with Gasteiger partial charge in [-0.3, -0.25) is 4.98 Å². The van der Waals surface area contributed by atoms with Crippen LogP contribution in [0.5, 0.6) is 0 Å². The molecule has 0 aliphatic heterocycles. The van der Waals surface area contributed by atoms with Gasteiger partial charge in [-0.2, -0.15) is 13.2 Å². The summed E-state index contributed by atoms with van der Waals surface area (Å²) in [6, 6.07) is 4.13. The van der Waals surface area contributed by atoms with Gasteiger partial charge in [0.1, 0.15) is 5.01 Å². The van der Waals surface area contributed by atoms with E-state index in [4.69, 9.17) is 0 Å². The first kappa shape index (κ1) is 19.5. The van der Waals surface area contributed by atoms with Crippen molar-refractivity contribution in [2.45, 2.75) is 31.7 Å². The maximum absolute atomic E-state index is 10.8. The van der Waals surface area contributed by atoms with Crippen LogP contribution in [0.3, 0.4) is 0 Å². The zero-order valence-corrected chi connectivity index (χ0v) is 14.3. The molecule has 10 heteroatoms. The van der Waals surface area contributed by atoms with Crippen molar-refractivity contribution in [2.75, 3.05) is 0 Å². The maximum Gasteiger partial charge on any atom is 0.511 e. The second-order valence-electron chi connectivity index (χ2n) is 5.51. The van der Waals surface area contributed by atoms with E-state index in [1.54, 1.807) is 11.3 Å². The third-order valence-electron chi connectivity index (χ3n) is 2.53. The lowest BCUT2D eigenvalue weighted by Crippen LogP contribution is -2.30. The van der Waals surface area contributed by atoms with Crippen LogP contribution in [0.2, 0.25) is 0 Å². The van der Waals surface area contributed by atoms with Crippen molar-refractivity contribution in [3.05, 3.63) is 35.6 Å². The molecule has 0 saturated heterocycles. The number of pyridine rings is 1. The van der Waals surface area contributed by atoms with Gasteiger partial charge in [0.25, 0.3) is 0 Å². The van der Waals surface area contributed by atoms with Crippen LogP contribution >= 0.6 is 11.3 Å². The smallest absolute Gasteiger partial charge is 0.261 e. The molecule has 0 radical (unpaired) electrons. The summed E-state index contributed by atoms with van der Waals surface area (Å²) in [6.07, 6.45) is 3.69. The van der Waals surface area contributed by atoms with Crippen molar-refractivity contribution in [2.24, 2.45) is 5.14 Å². The van der Waals surface area contributed by atoms with E-state index in [2.05, 4.69) is 41.9 Å². The SMILES string of the molecule is CC(C)(C)c1cc(-c2nccs2)ccn1.NS(=O)(=O)C(F)(F)F. The number of thiazole rings is 1. The molecular formula is C13H16F3N3O2S2. The van der Waals surface area contributed by atoms with Gasteiger partial charge >= 0.3 is 15.5 Å². The van der Waals surface area contributed by atoms with Gasteiger partial charge in [-0.15, -0.1) is 11.3 Å². The molecule has 2 rings (SSSR count). The summed E-state index contributed by atoms with van der Waals surface area (Å²) in [5, 5.41) is 6.71. The number of aromatic nitrogens is 2. The van der Waals surface area contributed by atoms with Crippen LogP contribution in [0.1, 0.15) is 26.5 Å². The third-order valence-corrected chi connectivity index (χ3v) is 4.00. The van der Waals surface area contributed by atoms with E-state index in [1.807, 2.05) is 23.8 Å². The van der Waals surface area contributed by atoms with Crippen molar-refractivity contribution >= 4 is 21.4 Å². The number of sulfonamides is 1. The minimum absolute atomic E-state index is 0.0905. The highest BCUT2D eigenvalue weighted by Crippen LogP contribution is 2.26. The molecule has 0 aromatic carbocycles. The highest BCUT2D eigenvalue weighted by atomic mass is 32.2. The molecule has 23 heavy (non-hydrogen) atoms. The first-order valence-corrected chi connectivity index (χ1v) is 8.70. The Bertz CT molecular complexity index is 737. The number of halogens is 3. The zero-order valence-electron chi connectivity index (χ0n) is 12.6. The fourth-order valence-corrected chi connectivity index (χ4v) is 1.98. The highest BCUT2D eigenvalue weighted by Gasteiger charge is 2.42. The van der Waals surface area contributed by atoms with Gasteiger partial charge in [0.15, 0.2) is 0 Å². The molecule has 0 saturated carbocycles. The monoisotopic (exact) mass is 367 g/mol. The normalized spacial score (nSPS) is 12.5. The molecule has 0 atom stereocenters. The van der Waals surface area contributed by atoms with Crippen LogP contribution in [0.25, 0.3) is 10.6 Å². The molecule has 0 amide bonds. The Hall–Kier alpha value is -1.52. The molecule has 2 aromatic heterocycles. The first-order valence-electron chi connectivity index (χ1n) is 6.28. The van der Waals surface area contributed by atoms with E-state index >= 15 is 0 Å². The largest absolute Gasteiger partial charge is 0.511 e. The summed E-state index contributed by atoms with van der Waals surface area (Å²) >= 11 is 1.66. The molecule has 2 heterocycles. The van der Waals surface area contributed by atoms with Gasteiger partial charge in [0.2, 0.25) is 0 Å². The van der Waals surface area contributed by atoms with Gasteiger partial charge in [-0.25, -0.2) is 18.5 Å². The van der Waals surface area contributed by atoms with E-state index < -0.39 is 15.5 Å². The fraction of sp³-hybridized carbons (Fsp3) is 0.385. The zero-order chi connectivity index (χ0) is 17.9. The van der Waals surface area contributed by atoms with Crippen LogP contribution in [-0.4, -0.2) is 23.9 Å². The number of nitrogens with two attached hydrogens (primary N) is 1. The highest BCUT2D eigenvalue weighted by molar-refractivity contribution is 7.90. The molecular weight excluding hydrogens is 351 g/mol. The Labute approximate surface area is 136 Å². The van der Waals surface area contributed by atoms with E-state index in [0.29, 0.717) is 0 Å². The van der Waals surface area contributed by atoms with E-state index in [9.17, 15) is 21.6 Å². The molecule has 0 spiro atoms. The number of primary sulfonamides is 1. The molecule has 128 valence electrons. The van der Waals surface area contributed by atoms with Gasteiger partial charge in [0.05, 0.1) is 0 Å². The molecule has 0 unspecified atom stereocenters. The van der Waals surface area contributed by atoms with E-state index in [1.165, 1.54) is 0 Å². The van der Waals surface area contributed by atoms with E-state index in [0.717, 1.165) is 16.3 Å². The topological polar surface area (TPSA) is 85.9 Å². The van der Waals surface area contributed by atoms with Crippen LogP contribution < -0.4 is 5.14 Å². The van der Waals surface area contributed by atoms with Crippen molar-refractivity contribution < 1.29 is 21.6 Å². The minimum atomic E-state index is -5.34. The minimum Gasteiger partial charge on any atom is -0.261 e. The second-order valence-corrected chi connectivity index (χ2v) is 7.96. The Balaban J connectivity index is 0.000000284. The van der Waals surface area contributed by atoms with Crippen molar-refractivity contribution in [1.82, 2.24) is 9.97 Å². The van der Waals surface area contributed by atoms with Gasteiger partial charge < -0.3 is 0 Å². The van der Waals surface area contributed by atoms with Gasteiger partial charge in [-0.1, -0.05) is 20.8 Å². The first-order chi connectivity index (χ1) is 10.3. The number of alkyl halides is 3. The average Bonchev–Trinajstić information content (AvgIpc) is 2.90. The molecule has 0 fully saturated rings. The second kappa shape index (κ2) is 6.93. The third kappa shape index (κ3) is 5.88. The van der Waals surface area contributed by atoms with Crippen molar-refractivity contribution in [3.63, 3.8) is 0 Å². The Morgan fingerprint density at radius 3 is 2.09 bits per heavy atom. The van der Waals surface area contributed by atoms with Crippen LogP contribution in [-0.2, 0) is 15.4 Å². The number of hydrogen-bond acceptors (Lipinski definition) is 5. The summed E-state index contributed by atoms with van der Waals surface area (Å²) in [7, 11) is -5.34. The van der Waals surface area contributed by atoms with Crippen LogP contribution in [0.4, 0.5) is 13.2 Å². The lowest BCUT2D eigenvalue weighted by molar-refractivity contribution is -0.0436. The lowest BCUT2D eigenvalue weighted by Gasteiger charge is -2.17. The molecule has 0 bridgehead atoms. The molecule has 0 aliphatic rings. The molecule has 5 nitrogen and oxygen atoms in total. The summed E-state index contributed by atoms with van der Waals surface area (Å²) in [5.41, 5.74) is -2.96. The summed E-state index contributed by atoms with van der Waals surface area (Å²) in [6.45, 7) is 6.50. The Morgan fingerprint density at radius 2 is 1.70 bits per heavy atom. The van der Waals surface area contributed by atoms with Crippen molar-refractivity contribution in [1.29, 1.82) is 0 Å². The standard InChI is InChI=1S/C12H14N2S.CH2F3NO2S/c1-12(2,3)10-8-9(4-5-13-10)11-14-6-7-15-11;2-1(3,4)8(5,6)7/h4-8H,1-3H3;(H2,5,6,7). The number of rotatable bonds is 1. The summed E-state index contributed by atoms with van der Waals surface area (Å²) in [5.74, 6) is 0. The quantitative estimate of drug-likeness (QED) is 0.838. The maximum atomic E-state index is 10.8. The lowest BCUT2D eigenvalue weighted by atomic mass is 9.91. The summed E-state index contributed by atoms with van der Waals surface area (Å²) < 4.78 is 51.2. The van der Waals surface area contributed by atoms with Crippen molar-refractivity contribution in [3.8, 4) is 10.6 Å². The van der Waals surface area contributed by atoms with Crippen LogP contribution in [0.15, 0.2) is 29.9 Å². The molecule has 0 aliphatic carbocycles. The fourth-order valence-electron chi connectivity index (χ4n) is 1.34. The Morgan fingerprint density at radius 1 is 1.13 bits per heavy atom.